The summed E-state index contributed by atoms with van der Waals surface area (Å²) in [6.45, 7) is 3.98. The summed E-state index contributed by atoms with van der Waals surface area (Å²) in [4.78, 5) is 11.4. The Morgan fingerprint density at radius 3 is 2.88 bits per heavy atom. The summed E-state index contributed by atoms with van der Waals surface area (Å²) in [5.41, 5.74) is 1.87. The van der Waals surface area contributed by atoms with Crippen molar-refractivity contribution in [1.82, 2.24) is 5.32 Å². The normalized spacial score (nSPS) is 10.4. The predicted molar refractivity (Wildman–Crippen MR) is 70.5 cm³/mol. The second-order valence-corrected chi connectivity index (χ2v) is 4.23. The molecule has 2 N–H and O–H groups in total. The maximum atomic E-state index is 11.4. The van der Waals surface area contributed by atoms with Crippen LogP contribution in [0.25, 0.3) is 0 Å². The van der Waals surface area contributed by atoms with E-state index in [1.165, 1.54) is 0 Å². The Morgan fingerprint density at radius 1 is 1.50 bits per heavy atom. The van der Waals surface area contributed by atoms with Crippen LogP contribution in [0.5, 0.6) is 0 Å². The number of anilines is 1. The van der Waals surface area contributed by atoms with E-state index in [1.54, 1.807) is 6.20 Å². The lowest BCUT2D eigenvalue weighted by atomic mass is 10.2. The van der Waals surface area contributed by atoms with Crippen LogP contribution in [0.4, 0.5) is 10.5 Å². The second-order valence-electron chi connectivity index (χ2n) is 3.37. The molecule has 0 saturated carbocycles. The molecule has 86 valence electrons. The maximum Gasteiger partial charge on any atom is 0.323 e. The molecule has 0 radical (unpaired) electrons. The van der Waals surface area contributed by atoms with E-state index in [0.29, 0.717) is 0 Å². The van der Waals surface area contributed by atoms with Gasteiger partial charge in [-0.05, 0) is 37.1 Å². The van der Waals surface area contributed by atoms with E-state index in [-0.39, 0.29) is 6.03 Å². The molecule has 1 aromatic carbocycles. The fraction of sp³-hybridized carbons (Fsp3) is 0.250. The number of halogens is 1. The zero-order valence-corrected chi connectivity index (χ0v) is 11.0. The average molecular weight is 283 g/mol. The van der Waals surface area contributed by atoms with E-state index in [2.05, 4.69) is 26.6 Å². The first-order valence-corrected chi connectivity index (χ1v) is 5.91. The lowest BCUT2D eigenvalue weighted by Gasteiger charge is -2.06. The van der Waals surface area contributed by atoms with E-state index >= 15 is 0 Å². The summed E-state index contributed by atoms with van der Waals surface area (Å²) in [6, 6.07) is 5.44. The van der Waals surface area contributed by atoms with Gasteiger partial charge in [0.2, 0.25) is 0 Å². The molecule has 1 rings (SSSR count). The van der Waals surface area contributed by atoms with Crippen molar-refractivity contribution in [3.8, 4) is 0 Å². The van der Waals surface area contributed by atoms with Crippen molar-refractivity contribution >= 4 is 27.6 Å². The Hall–Kier alpha value is -1.29. The largest absolute Gasteiger partial charge is 0.323 e. The number of nitrogens with one attached hydrogen (secondary N) is 2. The van der Waals surface area contributed by atoms with Gasteiger partial charge in [-0.15, -0.1) is 0 Å². The Morgan fingerprint density at radius 2 is 2.25 bits per heavy atom. The fourth-order valence-electron chi connectivity index (χ4n) is 1.14. The molecule has 0 aliphatic rings. The molecule has 0 unspecified atom stereocenters. The van der Waals surface area contributed by atoms with Crippen LogP contribution in [-0.2, 0) is 0 Å². The topological polar surface area (TPSA) is 41.1 Å². The summed E-state index contributed by atoms with van der Waals surface area (Å²) >= 11 is 3.41. The molecule has 2 amide bonds. The number of hydrogen-bond acceptors (Lipinski definition) is 1. The number of benzene rings is 1. The van der Waals surface area contributed by atoms with Gasteiger partial charge in [-0.2, -0.15) is 0 Å². The van der Waals surface area contributed by atoms with E-state index in [4.69, 9.17) is 0 Å². The molecule has 0 aliphatic carbocycles. The van der Waals surface area contributed by atoms with Gasteiger partial charge in [-0.3, -0.25) is 0 Å². The third-order valence-corrected chi connectivity index (χ3v) is 2.87. The van der Waals surface area contributed by atoms with Gasteiger partial charge in [-0.25, -0.2) is 4.79 Å². The molecule has 0 saturated heterocycles. The minimum atomic E-state index is -0.230. The lowest BCUT2D eigenvalue weighted by molar-refractivity contribution is 0.255. The van der Waals surface area contributed by atoms with E-state index in [1.807, 2.05) is 38.1 Å². The van der Waals surface area contributed by atoms with Gasteiger partial charge >= 0.3 is 6.03 Å². The quantitative estimate of drug-likeness (QED) is 0.870. The SMILES string of the molecule is CC/C=C/NC(=O)Nc1ccc(Br)c(C)c1. The van der Waals surface area contributed by atoms with Crippen LogP contribution < -0.4 is 10.6 Å². The van der Waals surface area contributed by atoms with Crippen molar-refractivity contribution in [2.45, 2.75) is 20.3 Å². The van der Waals surface area contributed by atoms with Crippen molar-refractivity contribution in [2.75, 3.05) is 5.32 Å². The molecule has 0 fully saturated rings. The number of carbonyl (C=O) groups is 1. The summed E-state index contributed by atoms with van der Waals surface area (Å²) < 4.78 is 1.03. The number of allylic oxidation sites excluding steroid dienone is 1. The molecule has 3 nitrogen and oxygen atoms in total. The average Bonchev–Trinajstić information content (AvgIpc) is 2.24. The molecule has 0 aromatic heterocycles. The van der Waals surface area contributed by atoms with E-state index < -0.39 is 0 Å². The van der Waals surface area contributed by atoms with E-state index in [0.717, 1.165) is 22.1 Å². The van der Waals surface area contributed by atoms with Crippen LogP contribution >= 0.6 is 15.9 Å². The van der Waals surface area contributed by atoms with Crippen molar-refractivity contribution in [3.63, 3.8) is 0 Å². The van der Waals surface area contributed by atoms with E-state index in [9.17, 15) is 4.79 Å². The smallest absolute Gasteiger partial charge is 0.315 e. The number of hydrogen-bond donors (Lipinski definition) is 2. The third-order valence-electron chi connectivity index (χ3n) is 1.98. The molecule has 0 spiro atoms. The minimum Gasteiger partial charge on any atom is -0.315 e. The number of urea groups is 1. The fourth-order valence-corrected chi connectivity index (χ4v) is 1.39. The molecule has 0 bridgehead atoms. The molecule has 1 aromatic rings. The Bertz CT molecular complexity index is 402. The van der Waals surface area contributed by atoms with Crippen LogP contribution in [0.3, 0.4) is 0 Å². The van der Waals surface area contributed by atoms with Crippen LogP contribution in [0, 0.1) is 6.92 Å². The molecule has 16 heavy (non-hydrogen) atoms. The Labute approximate surface area is 104 Å². The van der Waals surface area contributed by atoms with Gasteiger partial charge in [0.25, 0.3) is 0 Å². The zero-order chi connectivity index (χ0) is 12.0. The van der Waals surface area contributed by atoms with Gasteiger partial charge in [0.15, 0.2) is 0 Å². The van der Waals surface area contributed by atoms with Crippen molar-refractivity contribution in [1.29, 1.82) is 0 Å². The summed E-state index contributed by atoms with van der Waals surface area (Å²) in [7, 11) is 0. The standard InChI is InChI=1S/C12H15BrN2O/c1-3-4-7-14-12(16)15-10-5-6-11(13)9(2)8-10/h4-8H,3H2,1-2H3,(H2,14,15,16)/b7-4+. The molecule has 0 heterocycles. The van der Waals surface area contributed by atoms with Crippen LogP contribution in [0.15, 0.2) is 34.9 Å². The Balaban J connectivity index is 2.56. The van der Waals surface area contributed by atoms with Gasteiger partial charge in [0.1, 0.15) is 0 Å². The van der Waals surface area contributed by atoms with Gasteiger partial charge in [0.05, 0.1) is 0 Å². The lowest BCUT2D eigenvalue weighted by Crippen LogP contribution is -2.23. The zero-order valence-electron chi connectivity index (χ0n) is 9.38. The maximum absolute atomic E-state index is 11.4. The monoisotopic (exact) mass is 282 g/mol. The number of carbonyl (C=O) groups excluding carboxylic acids is 1. The number of amides is 2. The predicted octanol–water partition coefficient (Wildman–Crippen LogP) is 3.80. The van der Waals surface area contributed by atoms with Gasteiger partial charge in [0, 0.05) is 16.4 Å². The number of aryl methyl sites for hydroxylation is 1. The summed E-state index contributed by atoms with van der Waals surface area (Å²) in [6.07, 6.45) is 4.42. The van der Waals surface area contributed by atoms with Crippen LogP contribution in [0.1, 0.15) is 18.9 Å². The van der Waals surface area contributed by atoms with Crippen LogP contribution in [0.2, 0.25) is 0 Å². The first-order valence-electron chi connectivity index (χ1n) is 5.12. The highest BCUT2D eigenvalue weighted by Crippen LogP contribution is 2.19. The van der Waals surface area contributed by atoms with Gasteiger partial charge < -0.3 is 10.6 Å². The highest BCUT2D eigenvalue weighted by atomic mass is 79.9. The van der Waals surface area contributed by atoms with Gasteiger partial charge in [-0.1, -0.05) is 28.9 Å². The molecule has 0 aliphatic heterocycles. The number of rotatable bonds is 3. The molecular weight excluding hydrogens is 268 g/mol. The molecule has 0 atom stereocenters. The summed E-state index contributed by atoms with van der Waals surface area (Å²) in [5.74, 6) is 0. The first kappa shape index (κ1) is 12.8. The van der Waals surface area contributed by atoms with Crippen molar-refractivity contribution in [2.24, 2.45) is 0 Å². The minimum absolute atomic E-state index is 0.230. The third kappa shape index (κ3) is 4.06. The van der Waals surface area contributed by atoms with Crippen molar-refractivity contribution in [3.05, 3.63) is 40.5 Å². The summed E-state index contributed by atoms with van der Waals surface area (Å²) in [5, 5.41) is 5.37. The molecule has 4 heteroatoms. The first-order chi connectivity index (χ1) is 7.63. The highest BCUT2D eigenvalue weighted by Gasteiger charge is 2.00. The Kier molecular flexibility index (Phi) is 5.05. The molecular formula is C12H15BrN2O. The highest BCUT2D eigenvalue weighted by molar-refractivity contribution is 9.10. The van der Waals surface area contributed by atoms with Crippen molar-refractivity contribution < 1.29 is 4.79 Å². The van der Waals surface area contributed by atoms with Crippen LogP contribution in [-0.4, -0.2) is 6.03 Å². The second kappa shape index (κ2) is 6.33.